The van der Waals surface area contributed by atoms with Crippen LogP contribution in [0.3, 0.4) is 0 Å². The second-order valence-electron chi connectivity index (χ2n) is 5.20. The highest BCUT2D eigenvalue weighted by molar-refractivity contribution is 7.93. The van der Waals surface area contributed by atoms with Crippen LogP contribution in [0.25, 0.3) is 11.4 Å². The minimum atomic E-state index is -4.67. The maximum atomic E-state index is 12.4. The molecule has 1 aromatic carbocycles. The lowest BCUT2D eigenvalue weighted by Crippen LogP contribution is -2.25. The van der Waals surface area contributed by atoms with Gasteiger partial charge >= 0.3 is 12.1 Å². The minimum absolute atomic E-state index is 0.138. The van der Waals surface area contributed by atoms with Crippen LogP contribution >= 0.6 is 0 Å². The van der Waals surface area contributed by atoms with E-state index in [9.17, 15) is 17.4 Å². The molecule has 0 saturated carbocycles. The molecular weight excluding hydrogens is 347 g/mol. The topological polar surface area (TPSA) is 77.6 Å². The average molecular weight is 361 g/mol. The summed E-state index contributed by atoms with van der Waals surface area (Å²) < 4.78 is 63.4. The molecule has 0 aliphatic carbocycles. The molecule has 6 nitrogen and oxygen atoms in total. The zero-order valence-electron chi connectivity index (χ0n) is 12.5. The molecule has 1 saturated heterocycles. The van der Waals surface area contributed by atoms with E-state index in [2.05, 4.69) is 19.0 Å². The molecule has 0 spiro atoms. The number of hydrogen-bond donors (Lipinski definition) is 0. The van der Waals surface area contributed by atoms with E-state index in [4.69, 9.17) is 4.74 Å². The van der Waals surface area contributed by atoms with Crippen LogP contribution < -0.4 is 0 Å². The molecule has 0 unspecified atom stereocenters. The van der Waals surface area contributed by atoms with E-state index in [-0.39, 0.29) is 12.4 Å². The van der Waals surface area contributed by atoms with Crippen LogP contribution in [-0.2, 0) is 27.2 Å². The molecule has 1 aliphatic rings. The highest BCUT2D eigenvalue weighted by Gasteiger charge is 2.38. The van der Waals surface area contributed by atoms with Crippen molar-refractivity contribution in [2.75, 3.05) is 24.7 Å². The van der Waals surface area contributed by atoms with Gasteiger partial charge < -0.3 is 9.26 Å². The average Bonchev–Trinajstić information content (AvgIpc) is 3.05. The van der Waals surface area contributed by atoms with Gasteiger partial charge in [0.25, 0.3) is 0 Å². The molecule has 0 N–H and O–H groups in total. The largest absolute Gasteiger partial charge is 0.471 e. The van der Waals surface area contributed by atoms with E-state index in [1.54, 1.807) is 24.3 Å². The zero-order chi connectivity index (χ0) is 17.2. The van der Waals surface area contributed by atoms with Gasteiger partial charge in [0.15, 0.2) is 0 Å². The van der Waals surface area contributed by atoms with Crippen LogP contribution in [0.2, 0.25) is 0 Å². The molecule has 24 heavy (non-hydrogen) atoms. The van der Waals surface area contributed by atoms with Gasteiger partial charge in [-0.2, -0.15) is 18.2 Å². The first-order valence-electron chi connectivity index (χ1n) is 7.12. The first kappa shape index (κ1) is 16.9. The number of benzene rings is 1. The smallest absolute Gasteiger partial charge is 0.379 e. The van der Waals surface area contributed by atoms with E-state index in [0.29, 0.717) is 30.3 Å². The standard InChI is InChI=1S/C14H14F3N3O3S/c15-14(16,17)13-19-12(20-23-13)11-3-1-10(2-4-11)9-18-24(21)7-5-22-6-8-24/h1-4H,5-9H2. The lowest BCUT2D eigenvalue weighted by molar-refractivity contribution is -0.159. The number of nitrogens with zero attached hydrogens (tertiary/aromatic N) is 3. The van der Waals surface area contributed by atoms with Crippen LogP contribution in [0.15, 0.2) is 33.2 Å². The number of ether oxygens (including phenoxy) is 1. The zero-order valence-corrected chi connectivity index (χ0v) is 13.3. The molecule has 130 valence electrons. The Kier molecular flexibility index (Phi) is 4.59. The van der Waals surface area contributed by atoms with Gasteiger partial charge in [0.2, 0.25) is 5.82 Å². The molecule has 0 atom stereocenters. The fraction of sp³-hybridized carbons (Fsp3) is 0.429. The normalized spacial score (nSPS) is 17.6. The number of halogens is 3. The van der Waals surface area contributed by atoms with Gasteiger partial charge in [0.05, 0.1) is 41.0 Å². The van der Waals surface area contributed by atoms with Gasteiger partial charge in [-0.05, 0) is 5.56 Å². The van der Waals surface area contributed by atoms with Crippen LogP contribution in [-0.4, -0.2) is 39.1 Å². The SMILES string of the molecule is O=S1(=NCc2ccc(-c3noc(C(F)(F)F)n3)cc2)CCOCC1. The Hall–Kier alpha value is -1.94. The lowest BCUT2D eigenvalue weighted by atomic mass is 10.1. The molecule has 2 aromatic rings. The molecule has 1 aliphatic heterocycles. The van der Waals surface area contributed by atoms with E-state index in [1.165, 1.54) is 0 Å². The second kappa shape index (κ2) is 6.52. The molecule has 1 fully saturated rings. The van der Waals surface area contributed by atoms with Gasteiger partial charge in [0.1, 0.15) is 0 Å². The summed E-state index contributed by atoms with van der Waals surface area (Å²) in [7, 11) is -2.23. The molecule has 0 radical (unpaired) electrons. The van der Waals surface area contributed by atoms with Crippen molar-refractivity contribution in [3.8, 4) is 11.4 Å². The number of aromatic nitrogens is 2. The highest BCUT2D eigenvalue weighted by Crippen LogP contribution is 2.29. The van der Waals surface area contributed by atoms with E-state index in [1.807, 2.05) is 0 Å². The van der Waals surface area contributed by atoms with E-state index in [0.717, 1.165) is 5.56 Å². The number of rotatable bonds is 3. The number of hydrogen-bond acceptors (Lipinski definition) is 6. The third-order valence-electron chi connectivity index (χ3n) is 3.46. The third-order valence-corrected chi connectivity index (χ3v) is 5.67. The predicted octanol–water partition coefficient (Wildman–Crippen LogP) is 2.75. The van der Waals surface area contributed by atoms with Crippen molar-refractivity contribution < 1.29 is 26.6 Å². The maximum absolute atomic E-state index is 12.4. The first-order chi connectivity index (χ1) is 11.4. The molecule has 3 rings (SSSR count). The van der Waals surface area contributed by atoms with Crippen LogP contribution in [0.1, 0.15) is 11.5 Å². The Labute approximate surface area is 136 Å². The van der Waals surface area contributed by atoms with Gasteiger partial charge in [-0.25, -0.2) is 8.57 Å². The summed E-state index contributed by atoms with van der Waals surface area (Å²) in [6.45, 7) is 1.17. The van der Waals surface area contributed by atoms with Crippen LogP contribution in [0.5, 0.6) is 0 Å². The summed E-state index contributed by atoms with van der Waals surface area (Å²) in [6, 6.07) is 6.52. The van der Waals surface area contributed by atoms with Crippen molar-refractivity contribution in [1.82, 2.24) is 10.1 Å². The third kappa shape index (κ3) is 3.93. The lowest BCUT2D eigenvalue weighted by Gasteiger charge is -2.16. The fourth-order valence-electron chi connectivity index (χ4n) is 2.12. The molecular formula is C14H14F3N3O3S. The molecule has 2 heterocycles. The molecule has 0 amide bonds. The van der Waals surface area contributed by atoms with Crippen molar-refractivity contribution in [3.05, 3.63) is 35.7 Å². The first-order valence-corrected chi connectivity index (χ1v) is 8.97. The fourth-order valence-corrected chi connectivity index (χ4v) is 3.72. The molecule has 10 heteroatoms. The van der Waals surface area contributed by atoms with E-state index >= 15 is 0 Å². The monoisotopic (exact) mass is 361 g/mol. The quantitative estimate of drug-likeness (QED) is 0.840. The summed E-state index contributed by atoms with van der Waals surface area (Å²) in [5, 5.41) is 3.32. The number of alkyl halides is 3. The summed E-state index contributed by atoms with van der Waals surface area (Å²) in [6.07, 6.45) is -4.67. The molecule has 0 bridgehead atoms. The Morgan fingerprint density at radius 2 is 1.83 bits per heavy atom. The van der Waals surface area contributed by atoms with Crippen molar-refractivity contribution in [1.29, 1.82) is 0 Å². The maximum Gasteiger partial charge on any atom is 0.471 e. The van der Waals surface area contributed by atoms with Gasteiger partial charge in [-0.3, -0.25) is 0 Å². The second-order valence-corrected chi connectivity index (χ2v) is 7.82. The van der Waals surface area contributed by atoms with E-state index < -0.39 is 21.8 Å². The summed E-state index contributed by atoms with van der Waals surface area (Å²) >= 11 is 0. The van der Waals surface area contributed by atoms with Gasteiger partial charge in [0, 0.05) is 5.56 Å². The Bertz CT molecular complexity index is 812. The molecule has 1 aromatic heterocycles. The highest BCUT2D eigenvalue weighted by atomic mass is 32.2. The van der Waals surface area contributed by atoms with Crippen molar-refractivity contribution in [3.63, 3.8) is 0 Å². The van der Waals surface area contributed by atoms with Crippen LogP contribution in [0.4, 0.5) is 13.2 Å². The van der Waals surface area contributed by atoms with Gasteiger partial charge in [-0.15, -0.1) is 0 Å². The Balaban J connectivity index is 1.73. The summed E-state index contributed by atoms with van der Waals surface area (Å²) in [5.74, 6) is -0.670. The van der Waals surface area contributed by atoms with Crippen molar-refractivity contribution in [2.24, 2.45) is 4.36 Å². The summed E-state index contributed by atoms with van der Waals surface area (Å²) in [4.78, 5) is 3.33. The Morgan fingerprint density at radius 3 is 2.42 bits per heavy atom. The van der Waals surface area contributed by atoms with Crippen molar-refractivity contribution >= 4 is 9.73 Å². The minimum Gasteiger partial charge on any atom is -0.379 e. The summed E-state index contributed by atoms with van der Waals surface area (Å²) in [5.41, 5.74) is 1.20. The Morgan fingerprint density at radius 1 is 1.17 bits per heavy atom. The van der Waals surface area contributed by atoms with Gasteiger partial charge in [-0.1, -0.05) is 29.4 Å². The predicted molar refractivity (Wildman–Crippen MR) is 79.6 cm³/mol. The van der Waals surface area contributed by atoms with Crippen LogP contribution in [0, 0.1) is 0 Å². The van der Waals surface area contributed by atoms with Crippen molar-refractivity contribution in [2.45, 2.75) is 12.7 Å².